The second kappa shape index (κ2) is 10.4. The summed E-state index contributed by atoms with van der Waals surface area (Å²) in [6, 6.07) is 30.9. The average Bonchev–Trinajstić information content (AvgIpc) is 2.82. The van der Waals surface area contributed by atoms with Crippen LogP contribution >= 0.6 is 0 Å². The molecule has 3 nitrogen and oxygen atoms in total. The summed E-state index contributed by atoms with van der Waals surface area (Å²) in [4.78, 5) is 2.67. The minimum Gasteiger partial charge on any atom is -0.496 e. The Kier molecular flexibility index (Phi) is 7.17. The maximum Gasteiger partial charge on any atom is 0.123 e. The lowest BCUT2D eigenvalue weighted by Crippen LogP contribution is -2.48. The van der Waals surface area contributed by atoms with Crippen LogP contribution in [0.4, 0.5) is 0 Å². The minimum absolute atomic E-state index is 0.387. The standard InChI is InChI=1S/C27H32N2O/c1-30-26-17-9-8-15-24(26)21-28-25-16-10-19-29(20-18-22-11-4-2-5-12-22)27(25)23-13-6-3-7-14-23/h2-9,11-15,17,25,27-28H,10,16,18-21H2,1H3/t25-,27-/m0/s1. The molecule has 0 unspecified atom stereocenters. The van der Waals surface area contributed by atoms with Crippen molar-refractivity contribution in [3.8, 4) is 5.75 Å². The molecule has 2 atom stereocenters. The van der Waals surface area contributed by atoms with Crippen LogP contribution < -0.4 is 10.1 Å². The number of para-hydroxylation sites is 1. The number of rotatable bonds is 8. The van der Waals surface area contributed by atoms with E-state index in [1.165, 1.54) is 29.5 Å². The second-order valence-corrected chi connectivity index (χ2v) is 8.07. The van der Waals surface area contributed by atoms with E-state index in [-0.39, 0.29) is 0 Å². The summed E-state index contributed by atoms with van der Waals surface area (Å²) in [5, 5.41) is 3.87. The van der Waals surface area contributed by atoms with Crippen molar-refractivity contribution < 1.29 is 4.74 Å². The Labute approximate surface area is 180 Å². The highest BCUT2D eigenvalue weighted by Gasteiger charge is 2.32. The lowest BCUT2D eigenvalue weighted by molar-refractivity contribution is 0.112. The molecule has 1 aliphatic heterocycles. The van der Waals surface area contributed by atoms with Crippen LogP contribution in [0.5, 0.6) is 5.75 Å². The Hall–Kier alpha value is -2.62. The molecule has 0 amide bonds. The van der Waals surface area contributed by atoms with E-state index in [9.17, 15) is 0 Å². The molecule has 0 bridgehead atoms. The third-order valence-corrected chi connectivity index (χ3v) is 6.15. The van der Waals surface area contributed by atoms with Crippen molar-refractivity contribution in [2.24, 2.45) is 0 Å². The number of piperidine rings is 1. The van der Waals surface area contributed by atoms with Crippen molar-refractivity contribution in [2.45, 2.75) is 37.9 Å². The van der Waals surface area contributed by atoms with E-state index in [1.54, 1.807) is 7.11 Å². The van der Waals surface area contributed by atoms with Gasteiger partial charge in [0.2, 0.25) is 0 Å². The molecule has 30 heavy (non-hydrogen) atoms. The van der Waals surface area contributed by atoms with E-state index in [1.807, 2.05) is 12.1 Å². The third-order valence-electron chi connectivity index (χ3n) is 6.15. The van der Waals surface area contributed by atoms with Gasteiger partial charge in [0.05, 0.1) is 13.2 Å². The number of nitrogens with zero attached hydrogens (tertiary/aromatic N) is 1. The Balaban J connectivity index is 1.50. The molecular weight excluding hydrogens is 368 g/mol. The fraction of sp³-hybridized carbons (Fsp3) is 0.333. The van der Waals surface area contributed by atoms with Crippen molar-refractivity contribution >= 4 is 0 Å². The first kappa shape index (κ1) is 20.6. The third kappa shape index (κ3) is 5.10. The van der Waals surface area contributed by atoms with Gasteiger partial charge in [0, 0.05) is 24.7 Å². The first-order valence-corrected chi connectivity index (χ1v) is 11.0. The number of methoxy groups -OCH3 is 1. The average molecular weight is 401 g/mol. The molecule has 0 aliphatic carbocycles. The molecule has 156 valence electrons. The van der Waals surface area contributed by atoms with E-state index in [2.05, 4.69) is 83.0 Å². The van der Waals surface area contributed by atoms with Gasteiger partial charge in [0.25, 0.3) is 0 Å². The van der Waals surface area contributed by atoms with Crippen molar-refractivity contribution in [1.29, 1.82) is 0 Å². The summed E-state index contributed by atoms with van der Waals surface area (Å²) in [7, 11) is 1.75. The SMILES string of the molecule is COc1ccccc1CN[C@H]1CCCN(CCc2ccccc2)[C@H]1c1ccccc1. The largest absolute Gasteiger partial charge is 0.496 e. The van der Waals surface area contributed by atoms with Gasteiger partial charge in [0.15, 0.2) is 0 Å². The predicted octanol–water partition coefficient (Wildman–Crippen LogP) is 5.23. The van der Waals surface area contributed by atoms with E-state index >= 15 is 0 Å². The van der Waals surface area contributed by atoms with Gasteiger partial charge in [-0.1, -0.05) is 78.9 Å². The number of nitrogens with one attached hydrogen (secondary N) is 1. The second-order valence-electron chi connectivity index (χ2n) is 8.07. The van der Waals surface area contributed by atoms with Gasteiger partial charge >= 0.3 is 0 Å². The molecule has 1 heterocycles. The van der Waals surface area contributed by atoms with Crippen LogP contribution in [-0.2, 0) is 13.0 Å². The quantitative estimate of drug-likeness (QED) is 0.560. The number of hydrogen-bond acceptors (Lipinski definition) is 3. The van der Waals surface area contributed by atoms with Crippen molar-refractivity contribution in [3.63, 3.8) is 0 Å². The number of benzene rings is 3. The molecule has 1 aliphatic rings. The molecule has 0 saturated carbocycles. The smallest absolute Gasteiger partial charge is 0.123 e. The number of hydrogen-bond donors (Lipinski definition) is 1. The molecule has 0 aromatic heterocycles. The highest BCUT2D eigenvalue weighted by molar-refractivity contribution is 5.33. The minimum atomic E-state index is 0.387. The lowest BCUT2D eigenvalue weighted by Gasteiger charge is -2.42. The molecule has 3 heteroatoms. The van der Waals surface area contributed by atoms with Crippen LogP contribution in [0, 0.1) is 0 Å². The fourth-order valence-electron chi connectivity index (χ4n) is 4.63. The van der Waals surface area contributed by atoms with Gasteiger partial charge in [0.1, 0.15) is 5.75 Å². The van der Waals surface area contributed by atoms with E-state index < -0.39 is 0 Å². The summed E-state index contributed by atoms with van der Waals surface area (Å²) < 4.78 is 5.55. The van der Waals surface area contributed by atoms with Gasteiger partial charge in [-0.15, -0.1) is 0 Å². The topological polar surface area (TPSA) is 24.5 Å². The zero-order valence-electron chi connectivity index (χ0n) is 17.8. The van der Waals surface area contributed by atoms with Gasteiger partial charge in [-0.2, -0.15) is 0 Å². The van der Waals surface area contributed by atoms with E-state index in [4.69, 9.17) is 4.74 Å². The molecule has 0 radical (unpaired) electrons. The maximum absolute atomic E-state index is 5.55. The monoisotopic (exact) mass is 400 g/mol. The Morgan fingerprint density at radius 2 is 1.60 bits per heavy atom. The van der Waals surface area contributed by atoms with Crippen LogP contribution in [0.2, 0.25) is 0 Å². The first-order chi connectivity index (χ1) is 14.8. The van der Waals surface area contributed by atoms with E-state index in [0.29, 0.717) is 12.1 Å². The van der Waals surface area contributed by atoms with Crippen molar-refractivity contribution in [1.82, 2.24) is 10.2 Å². The molecular formula is C27H32N2O. The number of likely N-dealkylation sites (tertiary alicyclic amines) is 1. The summed E-state index contributed by atoms with van der Waals surface area (Å²) >= 11 is 0. The van der Waals surface area contributed by atoms with E-state index in [0.717, 1.165) is 31.8 Å². The van der Waals surface area contributed by atoms with Gasteiger partial charge < -0.3 is 10.1 Å². The highest BCUT2D eigenvalue weighted by atomic mass is 16.5. The van der Waals surface area contributed by atoms with Crippen molar-refractivity contribution in [3.05, 3.63) is 102 Å². The maximum atomic E-state index is 5.55. The summed E-state index contributed by atoms with van der Waals surface area (Å²) in [5.74, 6) is 0.956. The van der Waals surface area contributed by atoms with Crippen LogP contribution in [0.25, 0.3) is 0 Å². The van der Waals surface area contributed by atoms with Crippen LogP contribution in [0.1, 0.15) is 35.6 Å². The molecule has 1 saturated heterocycles. The Morgan fingerprint density at radius 1 is 0.900 bits per heavy atom. The van der Waals surface area contributed by atoms with Crippen LogP contribution in [0.3, 0.4) is 0 Å². The Bertz CT molecular complexity index is 897. The molecule has 4 rings (SSSR count). The zero-order valence-corrected chi connectivity index (χ0v) is 17.8. The normalized spacial score (nSPS) is 19.5. The molecule has 1 fully saturated rings. The van der Waals surface area contributed by atoms with Crippen LogP contribution in [0.15, 0.2) is 84.9 Å². The summed E-state index contributed by atoms with van der Waals surface area (Å²) in [6.07, 6.45) is 3.50. The number of ether oxygens (including phenoxy) is 1. The fourth-order valence-corrected chi connectivity index (χ4v) is 4.63. The van der Waals surface area contributed by atoms with Crippen molar-refractivity contribution in [2.75, 3.05) is 20.2 Å². The molecule has 3 aromatic carbocycles. The summed E-state index contributed by atoms with van der Waals surface area (Å²) in [6.45, 7) is 3.06. The van der Waals surface area contributed by atoms with Gasteiger partial charge in [-0.25, -0.2) is 0 Å². The molecule has 1 N–H and O–H groups in total. The Morgan fingerprint density at radius 3 is 2.37 bits per heavy atom. The first-order valence-electron chi connectivity index (χ1n) is 11.0. The highest BCUT2D eigenvalue weighted by Crippen LogP contribution is 2.32. The van der Waals surface area contributed by atoms with Gasteiger partial charge in [-0.05, 0) is 43.0 Å². The predicted molar refractivity (Wildman–Crippen MR) is 124 cm³/mol. The lowest BCUT2D eigenvalue weighted by atomic mass is 9.89. The van der Waals surface area contributed by atoms with Crippen LogP contribution in [-0.4, -0.2) is 31.1 Å². The van der Waals surface area contributed by atoms with Gasteiger partial charge in [-0.3, -0.25) is 4.90 Å². The zero-order chi connectivity index (χ0) is 20.6. The summed E-state index contributed by atoms with van der Waals surface area (Å²) in [5.41, 5.74) is 4.03. The molecule has 3 aromatic rings. The molecule has 0 spiro atoms.